The van der Waals surface area contributed by atoms with E-state index in [4.69, 9.17) is 10.2 Å². The third-order valence-electron chi connectivity index (χ3n) is 3.25. The van der Waals surface area contributed by atoms with Gasteiger partial charge in [-0.1, -0.05) is 6.07 Å². The van der Waals surface area contributed by atoms with Crippen molar-refractivity contribution in [3.05, 3.63) is 51.8 Å². The number of aromatic nitrogens is 2. The minimum atomic E-state index is -1.30. The number of non-ortho nitro benzene ring substituents is 1. The Balaban J connectivity index is 0.00000208. The predicted octanol–water partition coefficient (Wildman–Crippen LogP) is 1.26. The van der Waals surface area contributed by atoms with Crippen LogP contribution in [-0.2, 0) is 0 Å². The number of nitro groups is 1. The average Bonchev–Trinajstić information content (AvgIpc) is 2.52. The molecule has 3 aromatic rings. The SMILES string of the molecule is O.O=C(O)c1ccc2cc([N+](=O)[O-])c3ccc(C(=O)O)nc3c2n1. The number of carboxylic acids is 2. The fraction of sp³-hybridized carbons (Fsp3) is 0. The first-order valence-corrected chi connectivity index (χ1v) is 6.24. The number of fused-ring (bicyclic) bond motifs is 3. The highest BCUT2D eigenvalue weighted by Gasteiger charge is 2.19. The number of rotatable bonds is 3. The molecule has 4 N–H and O–H groups in total. The molecule has 10 heteroatoms. The summed E-state index contributed by atoms with van der Waals surface area (Å²) in [6.45, 7) is 0. The monoisotopic (exact) mass is 331 g/mol. The van der Waals surface area contributed by atoms with Gasteiger partial charge in [-0.25, -0.2) is 19.6 Å². The van der Waals surface area contributed by atoms with Gasteiger partial charge in [0.1, 0.15) is 16.9 Å². The number of benzene rings is 1. The van der Waals surface area contributed by atoms with E-state index in [0.29, 0.717) is 5.39 Å². The summed E-state index contributed by atoms with van der Waals surface area (Å²) in [6, 6.07) is 6.23. The van der Waals surface area contributed by atoms with Gasteiger partial charge in [-0.15, -0.1) is 0 Å². The summed E-state index contributed by atoms with van der Waals surface area (Å²) < 4.78 is 0. The lowest BCUT2D eigenvalue weighted by Crippen LogP contribution is -2.04. The number of carboxylic acid groups (broad SMARTS) is 2. The fourth-order valence-electron chi connectivity index (χ4n) is 2.24. The molecule has 2 heterocycles. The lowest BCUT2D eigenvalue weighted by Gasteiger charge is -2.06. The van der Waals surface area contributed by atoms with Crippen LogP contribution in [0.1, 0.15) is 21.0 Å². The Morgan fingerprint density at radius 3 is 2.04 bits per heavy atom. The van der Waals surface area contributed by atoms with Gasteiger partial charge in [-0.2, -0.15) is 0 Å². The summed E-state index contributed by atoms with van der Waals surface area (Å²) in [7, 11) is 0. The van der Waals surface area contributed by atoms with E-state index < -0.39 is 16.9 Å². The molecule has 0 saturated heterocycles. The summed E-state index contributed by atoms with van der Waals surface area (Å²) in [5, 5.41) is 29.6. The molecule has 3 rings (SSSR count). The van der Waals surface area contributed by atoms with E-state index in [2.05, 4.69) is 9.97 Å². The maximum atomic E-state index is 11.2. The van der Waals surface area contributed by atoms with E-state index in [0.717, 1.165) is 6.07 Å². The second-order valence-corrected chi connectivity index (χ2v) is 4.62. The maximum absolute atomic E-state index is 11.2. The zero-order valence-corrected chi connectivity index (χ0v) is 11.8. The molecule has 0 amide bonds. The second kappa shape index (κ2) is 5.85. The topological polar surface area (TPSA) is 175 Å². The third kappa shape index (κ3) is 2.57. The molecule has 0 atom stereocenters. The van der Waals surface area contributed by atoms with E-state index in [9.17, 15) is 19.7 Å². The van der Waals surface area contributed by atoms with Crippen molar-refractivity contribution in [3.8, 4) is 0 Å². The highest BCUT2D eigenvalue weighted by atomic mass is 16.6. The van der Waals surface area contributed by atoms with Gasteiger partial charge in [0, 0.05) is 11.5 Å². The summed E-state index contributed by atoms with van der Waals surface area (Å²) >= 11 is 0. The number of carbonyl (C=O) groups is 2. The molecule has 0 saturated carbocycles. The zero-order valence-electron chi connectivity index (χ0n) is 11.8. The van der Waals surface area contributed by atoms with E-state index in [1.165, 1.54) is 24.3 Å². The number of nitro benzene ring substituents is 1. The summed E-state index contributed by atoms with van der Waals surface area (Å²) in [4.78, 5) is 40.5. The molecular weight excluding hydrogens is 322 g/mol. The average molecular weight is 331 g/mol. The molecular formula is C14H9N3O7. The Hall–Kier alpha value is -3.66. The second-order valence-electron chi connectivity index (χ2n) is 4.62. The van der Waals surface area contributed by atoms with Gasteiger partial charge in [-0.05, 0) is 18.2 Å². The number of nitrogens with zero attached hydrogens (tertiary/aromatic N) is 3. The lowest BCUT2D eigenvalue weighted by molar-refractivity contribution is -0.382. The van der Waals surface area contributed by atoms with Crippen LogP contribution in [0.4, 0.5) is 5.69 Å². The van der Waals surface area contributed by atoms with Crippen LogP contribution in [0.2, 0.25) is 0 Å². The van der Waals surface area contributed by atoms with Crippen molar-refractivity contribution >= 4 is 39.4 Å². The Morgan fingerprint density at radius 2 is 1.50 bits per heavy atom. The van der Waals surface area contributed by atoms with Gasteiger partial charge in [0.25, 0.3) is 5.69 Å². The molecule has 122 valence electrons. The summed E-state index contributed by atoms with van der Waals surface area (Å²) in [5.74, 6) is -2.58. The van der Waals surface area contributed by atoms with E-state index in [1.54, 1.807) is 0 Å². The highest BCUT2D eigenvalue weighted by Crippen LogP contribution is 2.31. The maximum Gasteiger partial charge on any atom is 0.354 e. The van der Waals surface area contributed by atoms with Crippen LogP contribution in [0.25, 0.3) is 21.8 Å². The Labute approximate surface area is 132 Å². The molecule has 0 aliphatic carbocycles. The predicted molar refractivity (Wildman–Crippen MR) is 81.2 cm³/mol. The molecule has 0 fully saturated rings. The normalized spacial score (nSPS) is 10.3. The van der Waals surface area contributed by atoms with E-state index >= 15 is 0 Å². The van der Waals surface area contributed by atoms with Crippen molar-refractivity contribution < 1.29 is 30.2 Å². The number of pyridine rings is 2. The highest BCUT2D eigenvalue weighted by molar-refractivity contribution is 6.09. The Morgan fingerprint density at radius 1 is 0.958 bits per heavy atom. The van der Waals surface area contributed by atoms with Crippen LogP contribution in [0.15, 0.2) is 30.3 Å². The van der Waals surface area contributed by atoms with Crippen molar-refractivity contribution in [1.82, 2.24) is 9.97 Å². The zero-order chi connectivity index (χ0) is 16.7. The lowest BCUT2D eigenvalue weighted by atomic mass is 10.1. The van der Waals surface area contributed by atoms with Gasteiger partial charge in [0.05, 0.1) is 15.8 Å². The van der Waals surface area contributed by atoms with Gasteiger partial charge in [0.2, 0.25) is 0 Å². The largest absolute Gasteiger partial charge is 0.477 e. The van der Waals surface area contributed by atoms with Crippen LogP contribution in [0.3, 0.4) is 0 Å². The van der Waals surface area contributed by atoms with Crippen LogP contribution in [0.5, 0.6) is 0 Å². The van der Waals surface area contributed by atoms with Crippen molar-refractivity contribution in [2.45, 2.75) is 0 Å². The minimum Gasteiger partial charge on any atom is -0.477 e. The van der Waals surface area contributed by atoms with Crippen LogP contribution in [0, 0.1) is 10.1 Å². The Bertz CT molecular complexity index is 1020. The first-order valence-electron chi connectivity index (χ1n) is 6.24. The summed E-state index contributed by atoms with van der Waals surface area (Å²) in [6.07, 6.45) is 0. The van der Waals surface area contributed by atoms with Crippen LogP contribution in [-0.4, -0.2) is 42.5 Å². The molecule has 10 nitrogen and oxygen atoms in total. The standard InChI is InChI=1S/C14H7N3O6.H2O/c18-13(19)8-3-1-6-5-10(17(22)23)7-2-4-9(14(20)21)16-12(7)11(6)15-8;/h1-5H,(H,18,19)(H,20,21);1H2. The molecule has 0 aliphatic heterocycles. The van der Waals surface area contributed by atoms with Crippen molar-refractivity contribution in [2.24, 2.45) is 0 Å². The molecule has 1 aromatic carbocycles. The smallest absolute Gasteiger partial charge is 0.354 e. The van der Waals surface area contributed by atoms with Gasteiger partial charge in [-0.3, -0.25) is 10.1 Å². The number of hydrogen-bond donors (Lipinski definition) is 2. The molecule has 0 unspecified atom stereocenters. The minimum absolute atomic E-state index is 0. The van der Waals surface area contributed by atoms with Crippen molar-refractivity contribution in [3.63, 3.8) is 0 Å². The van der Waals surface area contributed by atoms with Gasteiger partial charge < -0.3 is 15.7 Å². The first kappa shape index (κ1) is 16.7. The van der Waals surface area contributed by atoms with E-state index in [1.807, 2.05) is 0 Å². The fourth-order valence-corrected chi connectivity index (χ4v) is 2.24. The van der Waals surface area contributed by atoms with E-state index in [-0.39, 0.29) is 39.0 Å². The molecule has 0 aliphatic rings. The summed E-state index contributed by atoms with van der Waals surface area (Å²) in [5.41, 5.74) is -0.787. The molecule has 2 aromatic heterocycles. The molecule has 24 heavy (non-hydrogen) atoms. The molecule has 0 spiro atoms. The van der Waals surface area contributed by atoms with Crippen molar-refractivity contribution in [1.29, 1.82) is 0 Å². The third-order valence-corrected chi connectivity index (χ3v) is 3.25. The van der Waals surface area contributed by atoms with Crippen molar-refractivity contribution in [2.75, 3.05) is 0 Å². The molecule has 0 bridgehead atoms. The number of aromatic carboxylic acids is 2. The first-order chi connectivity index (χ1) is 10.9. The Kier molecular flexibility index (Phi) is 4.07. The van der Waals surface area contributed by atoms with Gasteiger partial charge >= 0.3 is 11.9 Å². The van der Waals surface area contributed by atoms with Gasteiger partial charge in [0.15, 0.2) is 0 Å². The quantitative estimate of drug-likeness (QED) is 0.409. The van der Waals surface area contributed by atoms with Crippen LogP contribution >= 0.6 is 0 Å². The number of hydrogen-bond acceptors (Lipinski definition) is 6. The van der Waals surface area contributed by atoms with Crippen LogP contribution < -0.4 is 0 Å². The molecule has 0 radical (unpaired) electrons.